The fourth-order valence-electron chi connectivity index (χ4n) is 2.33. The van der Waals surface area contributed by atoms with Gasteiger partial charge in [0.2, 0.25) is 15.9 Å². The van der Waals surface area contributed by atoms with Gasteiger partial charge in [-0.05, 0) is 36.4 Å². The van der Waals surface area contributed by atoms with Crippen LogP contribution in [-0.4, -0.2) is 48.4 Å². The van der Waals surface area contributed by atoms with E-state index < -0.39 is 10.0 Å². The second-order valence-electron chi connectivity index (χ2n) is 5.97. The highest BCUT2D eigenvalue weighted by Crippen LogP contribution is 2.27. The number of halogens is 2. The molecule has 0 atom stereocenters. The highest BCUT2D eigenvalue weighted by molar-refractivity contribution is 7.99. The van der Waals surface area contributed by atoms with E-state index in [1.807, 2.05) is 0 Å². The van der Waals surface area contributed by atoms with Gasteiger partial charge in [-0.1, -0.05) is 35.0 Å². The number of amides is 1. The fraction of sp³-hybridized carbons (Fsp3) is 0.176. The smallest absolute Gasteiger partial charge is 0.244 e. The summed E-state index contributed by atoms with van der Waals surface area (Å²) in [5.41, 5.74) is 1.88. The van der Waals surface area contributed by atoms with Crippen molar-refractivity contribution in [3.63, 3.8) is 0 Å². The van der Waals surface area contributed by atoms with Gasteiger partial charge in [-0.25, -0.2) is 17.7 Å². The molecule has 1 amide bonds. The first kappa shape index (κ1) is 20.9. The van der Waals surface area contributed by atoms with Crippen LogP contribution >= 0.6 is 35.0 Å². The molecule has 148 valence electrons. The summed E-state index contributed by atoms with van der Waals surface area (Å²) < 4.78 is 25.7. The second kappa shape index (κ2) is 8.30. The first-order valence-corrected chi connectivity index (χ1v) is 11.1. The SMILES string of the molecule is CN(C)S(=O)(=O)c1cc(NC(=O)CSc2nc3ccc(Cl)cc3[nH]2)ccc1Cl. The topological polar surface area (TPSA) is 95.2 Å². The number of carbonyl (C=O) groups is 1. The maximum absolute atomic E-state index is 12.3. The molecule has 0 aliphatic rings. The molecule has 1 heterocycles. The Morgan fingerprint density at radius 3 is 2.68 bits per heavy atom. The number of imidazole rings is 1. The molecule has 0 radical (unpaired) electrons. The van der Waals surface area contributed by atoms with Crippen molar-refractivity contribution in [3.05, 3.63) is 46.4 Å². The number of aromatic amines is 1. The lowest BCUT2D eigenvalue weighted by Gasteiger charge is -2.14. The Morgan fingerprint density at radius 1 is 1.21 bits per heavy atom. The molecule has 2 N–H and O–H groups in total. The van der Waals surface area contributed by atoms with Crippen molar-refractivity contribution in [1.82, 2.24) is 14.3 Å². The highest BCUT2D eigenvalue weighted by atomic mass is 35.5. The minimum Gasteiger partial charge on any atom is -0.333 e. The van der Waals surface area contributed by atoms with Crippen molar-refractivity contribution < 1.29 is 13.2 Å². The molecule has 11 heteroatoms. The summed E-state index contributed by atoms with van der Waals surface area (Å²) in [5.74, 6) is -0.217. The Labute approximate surface area is 176 Å². The predicted molar refractivity (Wildman–Crippen MR) is 113 cm³/mol. The number of nitrogens with zero attached hydrogens (tertiary/aromatic N) is 2. The third kappa shape index (κ3) is 4.61. The summed E-state index contributed by atoms with van der Waals surface area (Å²) in [6.45, 7) is 0. The Morgan fingerprint density at radius 2 is 1.96 bits per heavy atom. The zero-order valence-electron chi connectivity index (χ0n) is 14.9. The minimum atomic E-state index is -3.72. The first-order chi connectivity index (χ1) is 13.2. The molecule has 7 nitrogen and oxygen atoms in total. The van der Waals surface area contributed by atoms with Crippen molar-refractivity contribution in [1.29, 1.82) is 0 Å². The molecular formula is C17H16Cl2N4O3S2. The summed E-state index contributed by atoms with van der Waals surface area (Å²) in [4.78, 5) is 19.6. The van der Waals surface area contributed by atoms with Gasteiger partial charge in [-0.2, -0.15) is 0 Å². The number of anilines is 1. The average molecular weight is 459 g/mol. The quantitative estimate of drug-likeness (QED) is 0.546. The van der Waals surface area contributed by atoms with Crippen LogP contribution < -0.4 is 5.32 Å². The lowest BCUT2D eigenvalue weighted by atomic mass is 10.3. The van der Waals surface area contributed by atoms with Crippen LogP contribution in [0.4, 0.5) is 5.69 Å². The van der Waals surface area contributed by atoms with Crippen LogP contribution in [0.15, 0.2) is 46.5 Å². The van der Waals surface area contributed by atoms with Crippen LogP contribution in [0, 0.1) is 0 Å². The van der Waals surface area contributed by atoms with E-state index in [2.05, 4.69) is 15.3 Å². The molecule has 0 bridgehead atoms. The van der Waals surface area contributed by atoms with Crippen LogP contribution in [-0.2, 0) is 14.8 Å². The van der Waals surface area contributed by atoms with Crippen molar-refractivity contribution >= 4 is 67.6 Å². The van der Waals surface area contributed by atoms with Crippen LogP contribution in [0.2, 0.25) is 10.0 Å². The van der Waals surface area contributed by atoms with Gasteiger partial charge in [0, 0.05) is 24.8 Å². The average Bonchev–Trinajstić information content (AvgIpc) is 3.03. The molecule has 28 heavy (non-hydrogen) atoms. The van der Waals surface area contributed by atoms with Gasteiger partial charge in [-0.3, -0.25) is 4.79 Å². The van der Waals surface area contributed by atoms with E-state index in [9.17, 15) is 13.2 Å². The van der Waals surface area contributed by atoms with Crippen molar-refractivity contribution in [2.45, 2.75) is 10.1 Å². The number of aromatic nitrogens is 2. The molecule has 1 aromatic heterocycles. The number of H-pyrrole nitrogens is 1. The minimum absolute atomic E-state index is 0.0706. The number of nitrogens with one attached hydrogen (secondary N) is 2. The van der Waals surface area contributed by atoms with Gasteiger partial charge in [0.1, 0.15) is 4.90 Å². The summed E-state index contributed by atoms with van der Waals surface area (Å²) in [7, 11) is -0.899. The molecule has 3 aromatic rings. The Balaban J connectivity index is 1.69. The largest absolute Gasteiger partial charge is 0.333 e. The van der Waals surface area contributed by atoms with Gasteiger partial charge >= 0.3 is 0 Å². The highest BCUT2D eigenvalue weighted by Gasteiger charge is 2.21. The number of rotatable bonds is 6. The summed E-state index contributed by atoms with van der Waals surface area (Å²) in [6.07, 6.45) is 0. The summed E-state index contributed by atoms with van der Waals surface area (Å²) in [6, 6.07) is 9.61. The lowest BCUT2D eigenvalue weighted by Crippen LogP contribution is -2.23. The Bertz CT molecular complexity index is 1150. The molecule has 2 aromatic carbocycles. The number of carbonyl (C=O) groups excluding carboxylic acids is 1. The van der Waals surface area contributed by atoms with Crippen molar-refractivity contribution in [2.75, 3.05) is 25.2 Å². The zero-order valence-corrected chi connectivity index (χ0v) is 18.0. The number of fused-ring (bicyclic) bond motifs is 1. The summed E-state index contributed by atoms with van der Waals surface area (Å²) >= 11 is 13.2. The molecule has 0 aliphatic heterocycles. The van der Waals surface area contributed by atoms with Gasteiger partial charge < -0.3 is 10.3 Å². The molecule has 0 unspecified atom stereocenters. The maximum atomic E-state index is 12.3. The van der Waals surface area contributed by atoms with Crippen LogP contribution in [0.5, 0.6) is 0 Å². The van der Waals surface area contributed by atoms with E-state index in [1.165, 1.54) is 38.0 Å². The normalized spacial score (nSPS) is 11.9. The van der Waals surface area contributed by atoms with Crippen LogP contribution in [0.25, 0.3) is 11.0 Å². The maximum Gasteiger partial charge on any atom is 0.244 e. The van der Waals surface area contributed by atoms with E-state index in [1.54, 1.807) is 24.3 Å². The van der Waals surface area contributed by atoms with Crippen molar-refractivity contribution in [2.24, 2.45) is 0 Å². The molecule has 0 fully saturated rings. The van der Waals surface area contributed by atoms with Crippen molar-refractivity contribution in [3.8, 4) is 0 Å². The zero-order chi connectivity index (χ0) is 20.5. The summed E-state index contributed by atoms with van der Waals surface area (Å²) in [5, 5.41) is 3.93. The third-order valence-electron chi connectivity index (χ3n) is 3.74. The number of hydrogen-bond donors (Lipinski definition) is 2. The third-order valence-corrected chi connectivity index (χ3v) is 7.14. The van der Waals surface area contributed by atoms with Gasteiger partial charge in [0.05, 0.1) is 21.8 Å². The Kier molecular flexibility index (Phi) is 6.21. The van der Waals surface area contributed by atoms with E-state index in [-0.39, 0.29) is 21.6 Å². The fourth-order valence-corrected chi connectivity index (χ4v) is 4.58. The van der Waals surface area contributed by atoms with Gasteiger partial charge in [-0.15, -0.1) is 0 Å². The van der Waals surface area contributed by atoms with Crippen LogP contribution in [0.3, 0.4) is 0 Å². The van der Waals surface area contributed by atoms with E-state index >= 15 is 0 Å². The molecule has 0 saturated heterocycles. The Hall–Kier alpha value is -1.78. The van der Waals surface area contributed by atoms with Crippen LogP contribution in [0.1, 0.15) is 0 Å². The van der Waals surface area contributed by atoms with Gasteiger partial charge in [0.25, 0.3) is 0 Å². The second-order valence-corrected chi connectivity index (χ2v) is 9.90. The van der Waals surface area contributed by atoms with E-state index in [0.29, 0.717) is 15.9 Å². The number of benzene rings is 2. The molecular weight excluding hydrogens is 443 g/mol. The number of sulfonamides is 1. The predicted octanol–water partition coefficient (Wildman–Crippen LogP) is 3.85. The number of thioether (sulfide) groups is 1. The number of hydrogen-bond acceptors (Lipinski definition) is 5. The van der Waals surface area contributed by atoms with E-state index in [0.717, 1.165) is 15.3 Å². The van der Waals surface area contributed by atoms with Gasteiger partial charge in [0.15, 0.2) is 5.16 Å². The standard InChI is InChI=1S/C17H16Cl2N4O3S2/c1-23(2)28(25,26)15-8-11(4-5-12(15)19)20-16(24)9-27-17-21-13-6-3-10(18)7-14(13)22-17/h3-8H,9H2,1-2H3,(H,20,24)(H,21,22). The molecule has 3 rings (SSSR count). The molecule has 0 saturated carbocycles. The van der Waals surface area contributed by atoms with E-state index in [4.69, 9.17) is 23.2 Å². The monoisotopic (exact) mass is 458 g/mol. The molecule has 0 aliphatic carbocycles. The first-order valence-electron chi connectivity index (χ1n) is 7.97. The molecule has 0 spiro atoms. The lowest BCUT2D eigenvalue weighted by molar-refractivity contribution is -0.113.